The molecule has 0 aromatic heterocycles. The van der Waals surface area contributed by atoms with Crippen molar-refractivity contribution in [2.24, 2.45) is 0 Å². The molecule has 1 N–H and O–H groups in total. The van der Waals surface area contributed by atoms with E-state index in [1.54, 1.807) is 0 Å². The molecule has 0 aliphatic carbocycles. The molecule has 3 amide bonds. The number of likely N-dealkylation sites (tertiary alicyclic amines) is 1. The highest BCUT2D eigenvalue weighted by Gasteiger charge is 2.44. The van der Waals surface area contributed by atoms with Gasteiger partial charge in [-0.15, -0.1) is 0 Å². The van der Waals surface area contributed by atoms with Gasteiger partial charge in [-0.1, -0.05) is 0 Å². The second kappa shape index (κ2) is 3.62. The van der Waals surface area contributed by atoms with Crippen LogP contribution in [-0.4, -0.2) is 60.1 Å². The Hall–Kier alpha value is -1.31. The van der Waals surface area contributed by atoms with Crippen molar-refractivity contribution in [2.75, 3.05) is 26.2 Å². The quantitative estimate of drug-likeness (QED) is 0.676. The minimum absolute atomic E-state index is 0.0609. The minimum atomic E-state index is -4.23. The molecule has 2 aliphatic rings. The van der Waals surface area contributed by atoms with Gasteiger partial charge in [-0.2, -0.15) is 13.2 Å². The van der Waals surface area contributed by atoms with E-state index in [0.717, 1.165) is 9.80 Å². The van der Waals surface area contributed by atoms with E-state index in [2.05, 4.69) is 5.32 Å². The first-order chi connectivity index (χ1) is 7.37. The summed E-state index contributed by atoms with van der Waals surface area (Å²) in [7, 11) is 0. The van der Waals surface area contributed by atoms with Gasteiger partial charge in [-0.05, 0) is 0 Å². The number of urea groups is 1. The molecular weight excluding hydrogens is 227 g/mol. The number of amides is 3. The number of alkyl halides is 3. The number of carbonyl (C=O) groups excluding carboxylic acids is 2. The lowest BCUT2D eigenvalue weighted by Gasteiger charge is -2.42. The van der Waals surface area contributed by atoms with Crippen LogP contribution in [0.5, 0.6) is 0 Å². The lowest BCUT2D eigenvalue weighted by Crippen LogP contribution is -2.62. The number of hydrogen-bond donors (Lipinski definition) is 1. The molecule has 0 saturated carbocycles. The summed E-state index contributed by atoms with van der Waals surface area (Å²) in [4.78, 5) is 24.5. The molecule has 0 aromatic rings. The number of halogens is 3. The van der Waals surface area contributed by atoms with E-state index in [9.17, 15) is 22.8 Å². The molecule has 8 heteroatoms. The van der Waals surface area contributed by atoms with Crippen molar-refractivity contribution in [1.29, 1.82) is 0 Å². The first-order valence-electron chi connectivity index (χ1n) is 4.76. The monoisotopic (exact) mass is 237 g/mol. The van der Waals surface area contributed by atoms with Crippen LogP contribution in [0.25, 0.3) is 0 Å². The second-order valence-electron chi connectivity index (χ2n) is 3.89. The zero-order chi connectivity index (χ0) is 11.9. The van der Waals surface area contributed by atoms with Gasteiger partial charge in [-0.3, -0.25) is 14.6 Å². The van der Waals surface area contributed by atoms with Crippen LogP contribution in [0, 0.1) is 0 Å². The molecule has 2 heterocycles. The predicted octanol–water partition coefficient (Wildman–Crippen LogP) is -0.215. The standard InChI is InChI=1S/C8H10F3N3O2/c9-8(10,11)4-13-2-5(3-13)14-6(15)1-12-7(14)16/h5H,1-4H2,(H,12,16). The zero-order valence-electron chi connectivity index (χ0n) is 8.25. The molecule has 0 atom stereocenters. The highest BCUT2D eigenvalue weighted by atomic mass is 19.4. The summed E-state index contributed by atoms with van der Waals surface area (Å²) in [5.41, 5.74) is 0. The molecule has 0 unspecified atom stereocenters. The predicted molar refractivity (Wildman–Crippen MR) is 46.5 cm³/mol. The van der Waals surface area contributed by atoms with Crippen LogP contribution in [0.2, 0.25) is 0 Å². The summed E-state index contributed by atoms with van der Waals surface area (Å²) >= 11 is 0. The van der Waals surface area contributed by atoms with Crippen molar-refractivity contribution < 1.29 is 22.8 Å². The molecule has 2 saturated heterocycles. The minimum Gasteiger partial charge on any atom is -0.329 e. The number of hydrogen-bond acceptors (Lipinski definition) is 3. The smallest absolute Gasteiger partial charge is 0.329 e. The van der Waals surface area contributed by atoms with E-state index in [1.165, 1.54) is 0 Å². The molecule has 90 valence electrons. The van der Waals surface area contributed by atoms with Gasteiger partial charge in [0.25, 0.3) is 0 Å². The van der Waals surface area contributed by atoms with E-state index in [1.807, 2.05) is 0 Å². The van der Waals surface area contributed by atoms with E-state index in [0.29, 0.717) is 0 Å². The summed E-state index contributed by atoms with van der Waals surface area (Å²) in [6.07, 6.45) is -4.23. The fourth-order valence-corrected chi connectivity index (χ4v) is 1.89. The second-order valence-corrected chi connectivity index (χ2v) is 3.89. The van der Waals surface area contributed by atoms with Crippen molar-refractivity contribution >= 4 is 11.9 Å². The largest absolute Gasteiger partial charge is 0.401 e. The molecule has 5 nitrogen and oxygen atoms in total. The first kappa shape index (κ1) is 11.2. The third-order valence-corrected chi connectivity index (χ3v) is 2.58. The van der Waals surface area contributed by atoms with Gasteiger partial charge < -0.3 is 5.32 Å². The Kier molecular flexibility index (Phi) is 2.53. The number of nitrogens with one attached hydrogen (secondary N) is 1. The summed E-state index contributed by atoms with van der Waals surface area (Å²) in [5.74, 6) is -0.373. The summed E-state index contributed by atoms with van der Waals surface area (Å²) in [5, 5.41) is 2.33. The number of carbonyl (C=O) groups is 2. The Labute approximate surface area is 89.2 Å². The van der Waals surface area contributed by atoms with Crippen LogP contribution < -0.4 is 5.32 Å². The molecule has 0 radical (unpaired) electrons. The van der Waals surface area contributed by atoms with Crippen molar-refractivity contribution in [1.82, 2.24) is 15.1 Å². The summed E-state index contributed by atoms with van der Waals surface area (Å²) in [6, 6.07) is -0.931. The molecule has 16 heavy (non-hydrogen) atoms. The molecule has 2 aliphatic heterocycles. The van der Waals surface area contributed by atoms with Gasteiger partial charge in [0.05, 0.1) is 19.1 Å². The SMILES string of the molecule is O=C1CNC(=O)N1C1CN(CC(F)(F)F)C1. The molecule has 2 rings (SSSR count). The van der Waals surface area contributed by atoms with Crippen LogP contribution in [-0.2, 0) is 4.79 Å². The fraction of sp³-hybridized carbons (Fsp3) is 0.750. The third-order valence-electron chi connectivity index (χ3n) is 2.58. The molecule has 0 bridgehead atoms. The van der Waals surface area contributed by atoms with Gasteiger partial charge in [-0.25, -0.2) is 4.79 Å². The van der Waals surface area contributed by atoms with E-state index < -0.39 is 24.8 Å². The van der Waals surface area contributed by atoms with Crippen LogP contribution in [0.1, 0.15) is 0 Å². The van der Waals surface area contributed by atoms with Crippen molar-refractivity contribution in [3.8, 4) is 0 Å². The topological polar surface area (TPSA) is 52.7 Å². The van der Waals surface area contributed by atoms with E-state index in [-0.39, 0.29) is 25.5 Å². The van der Waals surface area contributed by atoms with Crippen molar-refractivity contribution in [3.05, 3.63) is 0 Å². The normalized spacial score (nSPS) is 23.6. The highest BCUT2D eigenvalue weighted by molar-refractivity contribution is 6.02. The Balaban J connectivity index is 1.84. The van der Waals surface area contributed by atoms with E-state index >= 15 is 0 Å². The van der Waals surface area contributed by atoms with Gasteiger partial charge in [0, 0.05) is 13.1 Å². The van der Waals surface area contributed by atoms with E-state index in [4.69, 9.17) is 0 Å². The lowest BCUT2D eigenvalue weighted by molar-refractivity contribution is -0.160. The molecule has 0 spiro atoms. The van der Waals surface area contributed by atoms with Gasteiger partial charge in [0.2, 0.25) is 5.91 Å². The zero-order valence-corrected chi connectivity index (χ0v) is 8.25. The van der Waals surface area contributed by atoms with Crippen LogP contribution in [0.3, 0.4) is 0 Å². The number of rotatable bonds is 2. The summed E-state index contributed by atoms with van der Waals surface area (Å²) < 4.78 is 35.9. The summed E-state index contributed by atoms with van der Waals surface area (Å²) in [6.45, 7) is -0.862. The van der Waals surface area contributed by atoms with Crippen LogP contribution in [0.4, 0.5) is 18.0 Å². The molecule has 0 aromatic carbocycles. The maximum absolute atomic E-state index is 12.0. The van der Waals surface area contributed by atoms with Crippen molar-refractivity contribution in [2.45, 2.75) is 12.2 Å². The Morgan fingerprint density at radius 3 is 2.38 bits per heavy atom. The maximum Gasteiger partial charge on any atom is 0.401 e. The van der Waals surface area contributed by atoms with Crippen molar-refractivity contribution in [3.63, 3.8) is 0 Å². The first-order valence-corrected chi connectivity index (χ1v) is 4.76. The fourth-order valence-electron chi connectivity index (χ4n) is 1.89. The van der Waals surface area contributed by atoms with Gasteiger partial charge >= 0.3 is 12.2 Å². The Morgan fingerprint density at radius 1 is 1.31 bits per heavy atom. The van der Waals surface area contributed by atoms with Gasteiger partial charge in [0.15, 0.2) is 0 Å². The average Bonchev–Trinajstić information content (AvgIpc) is 2.38. The number of nitrogens with zero attached hydrogens (tertiary/aromatic N) is 2. The van der Waals surface area contributed by atoms with Crippen LogP contribution >= 0.6 is 0 Å². The Morgan fingerprint density at radius 2 is 1.94 bits per heavy atom. The maximum atomic E-state index is 12.0. The lowest BCUT2D eigenvalue weighted by atomic mass is 10.1. The van der Waals surface area contributed by atoms with Gasteiger partial charge in [0.1, 0.15) is 0 Å². The third kappa shape index (κ3) is 2.11. The highest BCUT2D eigenvalue weighted by Crippen LogP contribution is 2.23. The average molecular weight is 237 g/mol. The van der Waals surface area contributed by atoms with Crippen LogP contribution in [0.15, 0.2) is 0 Å². The molecule has 2 fully saturated rings. The molecular formula is C8H10F3N3O2. The number of imide groups is 1. The Bertz CT molecular complexity index is 309.